The number of aromatic nitrogens is 10. The first kappa shape index (κ1) is 64.4. The molecule has 0 radical (unpaired) electrons. The Morgan fingerprint density at radius 1 is 0.299 bits per heavy atom. The van der Waals surface area contributed by atoms with E-state index < -0.39 is 0 Å². The molecule has 0 N–H and O–H groups in total. The molecule has 0 fully saturated rings. The normalized spacial score (nSPS) is 11.1. The predicted octanol–water partition coefficient (Wildman–Crippen LogP) is 21.2. The number of pyridine rings is 6. The standard InChI is InChI=1S/2C12H13N.C11H12N2.2C10H12N2.2C10H11NS/c2*1-9(2)12-7-10-5-3-4-6-11(10)8-13-12;1-8(2)10-6-11-9(7-13-10)4-3-5-12-11;1-8(2)10-7-12-5-3-4-9(12)6-11-10;1-8(2)10-6-9-4-3-5-12(9)7-11-10;1-7(2)9-5-10-8(6-11-9)3-4-12-10;1-7(2)9-5-8-3-4-12-10(8)6-11-9/h2*3-9H,1-2H3;3-8H,1-2H3;2*3-8H,1-2H3;2*3-7H,1-2H3. The molecule has 87 heavy (non-hydrogen) atoms. The minimum atomic E-state index is 0.464. The summed E-state index contributed by atoms with van der Waals surface area (Å²) >= 11 is 3.52. The minimum Gasteiger partial charge on any atom is -0.321 e. The first-order valence-electron chi connectivity index (χ1n) is 30.3. The molecule has 14 aromatic rings. The zero-order valence-electron chi connectivity index (χ0n) is 53.0. The Labute approximate surface area is 522 Å². The third kappa shape index (κ3) is 18.2. The van der Waals surface area contributed by atoms with Crippen LogP contribution < -0.4 is 0 Å². The summed E-state index contributed by atoms with van der Waals surface area (Å²) in [6, 6.07) is 45.9. The summed E-state index contributed by atoms with van der Waals surface area (Å²) in [6.07, 6.45) is 21.4. The second kappa shape index (κ2) is 31.2. The second-order valence-electron chi connectivity index (χ2n) is 23.7. The molecule has 10 nitrogen and oxygen atoms in total. The number of thiophene rings is 2. The van der Waals surface area contributed by atoms with Crippen molar-refractivity contribution in [1.82, 2.24) is 48.7 Å². The summed E-state index contributed by atoms with van der Waals surface area (Å²) < 4.78 is 6.74. The van der Waals surface area contributed by atoms with Crippen molar-refractivity contribution in [3.8, 4) is 0 Å². The summed E-state index contributed by atoms with van der Waals surface area (Å²) in [5.41, 5.74) is 11.5. The van der Waals surface area contributed by atoms with Crippen LogP contribution in [0.3, 0.4) is 0 Å². The molecule has 12 heteroatoms. The molecule has 12 heterocycles. The van der Waals surface area contributed by atoms with Crippen LogP contribution in [0.4, 0.5) is 0 Å². The second-order valence-corrected chi connectivity index (χ2v) is 25.6. The van der Waals surface area contributed by atoms with E-state index in [1.807, 2.05) is 103 Å². The molecule has 0 aliphatic carbocycles. The maximum Gasteiger partial charge on any atom is 0.0994 e. The van der Waals surface area contributed by atoms with Gasteiger partial charge in [-0.05, 0) is 153 Å². The van der Waals surface area contributed by atoms with E-state index in [1.165, 1.54) is 70.0 Å². The fourth-order valence-electron chi connectivity index (χ4n) is 9.03. The minimum absolute atomic E-state index is 0.464. The van der Waals surface area contributed by atoms with Crippen molar-refractivity contribution in [2.75, 3.05) is 0 Å². The smallest absolute Gasteiger partial charge is 0.0994 e. The molecule has 14 rings (SSSR count). The quantitative estimate of drug-likeness (QED) is 0.155. The van der Waals surface area contributed by atoms with Gasteiger partial charge in [-0.3, -0.25) is 34.9 Å². The van der Waals surface area contributed by atoms with Crippen LogP contribution in [0.2, 0.25) is 0 Å². The lowest BCUT2D eigenvalue weighted by Gasteiger charge is -2.04. The fourth-order valence-corrected chi connectivity index (χ4v) is 10.6. The summed E-state index contributed by atoms with van der Waals surface area (Å²) in [7, 11) is 0. The monoisotopic (exact) mass is 1190 g/mol. The number of rotatable bonds is 7. The largest absolute Gasteiger partial charge is 0.321 e. The Morgan fingerprint density at radius 2 is 0.724 bits per heavy atom. The Kier molecular flexibility index (Phi) is 23.1. The Hall–Kier alpha value is -8.58. The van der Waals surface area contributed by atoms with Crippen molar-refractivity contribution in [1.29, 1.82) is 0 Å². The number of hydrogen-bond donors (Lipinski definition) is 0. The van der Waals surface area contributed by atoms with Crippen molar-refractivity contribution >= 4 is 86.3 Å². The third-order valence-corrected chi connectivity index (χ3v) is 16.3. The van der Waals surface area contributed by atoms with Gasteiger partial charge < -0.3 is 8.80 Å². The Morgan fingerprint density at radius 3 is 1.30 bits per heavy atom. The SMILES string of the molecule is CC(C)c1cc2ccccc2cn1.CC(C)c1cc2ccccc2cn1.CC(C)c1cc2cccn2cn1.CC(C)c1cc2ccsc2cn1.CC(C)c1cc2ncccc2cn1.CC(C)c1cc2sccc2cn1.CC(C)c1cn2cccc2cn1. The number of nitrogens with zero attached hydrogens (tertiary/aromatic N) is 10. The van der Waals surface area contributed by atoms with E-state index in [0.717, 1.165) is 33.5 Å². The molecular weight excluding hydrogens is 1110 g/mol. The van der Waals surface area contributed by atoms with Gasteiger partial charge in [0, 0.05) is 122 Å². The van der Waals surface area contributed by atoms with Crippen molar-refractivity contribution in [2.24, 2.45) is 0 Å². The van der Waals surface area contributed by atoms with Crippen LogP contribution in [0.1, 0.15) is 178 Å². The highest BCUT2D eigenvalue weighted by Gasteiger charge is 2.07. The summed E-state index contributed by atoms with van der Waals surface area (Å²) in [5.74, 6) is 3.52. The molecule has 0 aliphatic rings. The maximum absolute atomic E-state index is 4.41. The van der Waals surface area contributed by atoms with E-state index >= 15 is 0 Å². The van der Waals surface area contributed by atoms with E-state index in [-0.39, 0.29) is 0 Å². The van der Waals surface area contributed by atoms with Crippen LogP contribution in [0.25, 0.3) is 63.7 Å². The third-order valence-electron chi connectivity index (χ3n) is 14.5. The number of fused-ring (bicyclic) bond motifs is 7. The average Bonchev–Trinajstić information content (AvgIpc) is 4.00. The van der Waals surface area contributed by atoms with Crippen molar-refractivity contribution in [2.45, 2.75) is 138 Å². The molecule has 446 valence electrons. The molecule has 0 atom stereocenters. The topological polar surface area (TPSA) is 112 Å². The highest BCUT2D eigenvalue weighted by Crippen LogP contribution is 2.26. The van der Waals surface area contributed by atoms with Crippen LogP contribution >= 0.6 is 22.7 Å². The molecule has 2 aromatic carbocycles. The van der Waals surface area contributed by atoms with Gasteiger partial charge in [0.2, 0.25) is 0 Å². The zero-order valence-corrected chi connectivity index (χ0v) is 54.7. The van der Waals surface area contributed by atoms with E-state index in [2.05, 4.69) is 255 Å². The van der Waals surface area contributed by atoms with E-state index in [0.29, 0.717) is 41.4 Å². The Bertz CT molecular complexity index is 3880. The lowest BCUT2D eigenvalue weighted by atomic mass is 10.1. The van der Waals surface area contributed by atoms with Gasteiger partial charge in [0.25, 0.3) is 0 Å². The molecule has 0 saturated heterocycles. The van der Waals surface area contributed by atoms with E-state index in [1.54, 1.807) is 22.7 Å². The molecule has 0 aliphatic heterocycles. The molecule has 0 spiro atoms. The maximum atomic E-state index is 4.41. The average molecular weight is 1190 g/mol. The highest BCUT2D eigenvalue weighted by atomic mass is 32.1. The van der Waals surface area contributed by atoms with Gasteiger partial charge in [0.15, 0.2) is 0 Å². The molecule has 0 bridgehead atoms. The molecule has 12 aromatic heterocycles. The summed E-state index contributed by atoms with van der Waals surface area (Å²) in [4.78, 5) is 34.9. The van der Waals surface area contributed by atoms with Gasteiger partial charge in [-0.2, -0.15) is 0 Å². The fraction of sp³-hybridized carbons (Fsp3) is 0.280. The van der Waals surface area contributed by atoms with Gasteiger partial charge in [-0.25, -0.2) is 4.98 Å². The van der Waals surface area contributed by atoms with Crippen LogP contribution in [0, 0.1) is 0 Å². The number of benzene rings is 2. The molecule has 0 saturated carbocycles. The molecular formula is C75H84N10S2. The van der Waals surface area contributed by atoms with Crippen LogP contribution in [0.15, 0.2) is 213 Å². The van der Waals surface area contributed by atoms with Gasteiger partial charge in [-0.1, -0.05) is 145 Å². The molecule has 0 unspecified atom stereocenters. The zero-order chi connectivity index (χ0) is 62.0. The van der Waals surface area contributed by atoms with Crippen LogP contribution in [-0.2, 0) is 0 Å². The van der Waals surface area contributed by atoms with Crippen molar-refractivity contribution in [3.63, 3.8) is 0 Å². The molecule has 0 amide bonds. The highest BCUT2D eigenvalue weighted by molar-refractivity contribution is 7.17. The Balaban J connectivity index is 0.000000132. The first-order valence-corrected chi connectivity index (χ1v) is 32.1. The van der Waals surface area contributed by atoms with E-state index in [4.69, 9.17) is 0 Å². The first-order chi connectivity index (χ1) is 41.9. The number of hydrogen-bond acceptors (Lipinski definition) is 10. The van der Waals surface area contributed by atoms with Crippen LogP contribution in [-0.4, -0.2) is 48.7 Å². The lowest BCUT2D eigenvalue weighted by Crippen LogP contribution is -1.94. The van der Waals surface area contributed by atoms with E-state index in [9.17, 15) is 0 Å². The van der Waals surface area contributed by atoms with Gasteiger partial charge in [0.05, 0.1) is 34.0 Å². The van der Waals surface area contributed by atoms with Gasteiger partial charge >= 0.3 is 0 Å². The summed E-state index contributed by atoms with van der Waals surface area (Å²) in [5, 5.41) is 12.9. The van der Waals surface area contributed by atoms with Crippen molar-refractivity contribution in [3.05, 3.63) is 252 Å². The van der Waals surface area contributed by atoms with Gasteiger partial charge in [-0.15, -0.1) is 22.7 Å². The van der Waals surface area contributed by atoms with Crippen LogP contribution in [0.5, 0.6) is 0 Å². The van der Waals surface area contributed by atoms with Crippen molar-refractivity contribution < 1.29 is 0 Å². The lowest BCUT2D eigenvalue weighted by molar-refractivity contribution is 0.809. The predicted molar refractivity (Wildman–Crippen MR) is 371 cm³/mol. The van der Waals surface area contributed by atoms with Gasteiger partial charge in [0.1, 0.15) is 0 Å². The summed E-state index contributed by atoms with van der Waals surface area (Å²) in [6.45, 7) is 30.2.